The minimum atomic E-state index is -3.26. The molecule has 126 valence electrons. The fourth-order valence-corrected chi connectivity index (χ4v) is 4.37. The average molecular weight is 373 g/mol. The first-order valence-corrected chi connectivity index (χ1v) is 9.90. The molecule has 0 aliphatic heterocycles. The van der Waals surface area contributed by atoms with Crippen molar-refractivity contribution in [1.82, 2.24) is 9.38 Å². The van der Waals surface area contributed by atoms with Crippen molar-refractivity contribution in [2.45, 2.75) is 4.90 Å². The van der Waals surface area contributed by atoms with Gasteiger partial charge >= 0.3 is 0 Å². The Kier molecular flexibility index (Phi) is 3.37. The molecule has 0 bridgehead atoms. The summed E-state index contributed by atoms with van der Waals surface area (Å²) in [5.41, 5.74) is 2.38. The summed E-state index contributed by atoms with van der Waals surface area (Å²) in [6.45, 7) is 0. The van der Waals surface area contributed by atoms with Gasteiger partial charge in [-0.25, -0.2) is 13.4 Å². The molecule has 25 heavy (non-hydrogen) atoms. The number of imidazole rings is 1. The zero-order valence-corrected chi connectivity index (χ0v) is 14.5. The number of rotatable bonds is 3. The van der Waals surface area contributed by atoms with Crippen molar-refractivity contribution in [3.05, 3.63) is 58.8 Å². The van der Waals surface area contributed by atoms with Crippen LogP contribution < -0.4 is 0 Å². The van der Waals surface area contributed by atoms with E-state index in [0.717, 1.165) is 20.7 Å². The maximum Gasteiger partial charge on any atom is 0.269 e. The van der Waals surface area contributed by atoms with Crippen LogP contribution in [-0.2, 0) is 9.84 Å². The monoisotopic (exact) mass is 373 g/mol. The van der Waals surface area contributed by atoms with Crippen LogP contribution in [0.15, 0.2) is 53.6 Å². The number of non-ortho nitro benzene ring substituents is 1. The summed E-state index contributed by atoms with van der Waals surface area (Å²) < 4.78 is 26.1. The molecule has 0 atom stereocenters. The molecule has 0 N–H and O–H groups in total. The molecule has 2 heterocycles. The smallest absolute Gasteiger partial charge is 0.269 e. The Balaban J connectivity index is 1.82. The summed E-state index contributed by atoms with van der Waals surface area (Å²) in [6.07, 6.45) is 3.02. The van der Waals surface area contributed by atoms with Gasteiger partial charge in [0.1, 0.15) is 0 Å². The normalized spacial score (nSPS) is 12.0. The van der Waals surface area contributed by atoms with E-state index in [0.29, 0.717) is 5.69 Å². The van der Waals surface area contributed by atoms with E-state index in [-0.39, 0.29) is 10.6 Å². The number of hydrogen-bond donors (Lipinski definition) is 0. The molecule has 0 aliphatic rings. The molecule has 4 aromatic rings. The number of thiazole rings is 1. The quantitative estimate of drug-likeness (QED) is 0.404. The third kappa shape index (κ3) is 2.67. The lowest BCUT2D eigenvalue weighted by Gasteiger charge is -1.98. The third-order valence-electron chi connectivity index (χ3n) is 3.87. The van der Waals surface area contributed by atoms with Gasteiger partial charge in [-0.3, -0.25) is 14.5 Å². The van der Waals surface area contributed by atoms with Crippen LogP contribution in [0, 0.1) is 10.1 Å². The minimum absolute atomic E-state index is 0.0310. The van der Waals surface area contributed by atoms with Crippen molar-refractivity contribution < 1.29 is 13.3 Å². The topological polar surface area (TPSA) is 94.6 Å². The highest BCUT2D eigenvalue weighted by Gasteiger charge is 2.14. The summed E-state index contributed by atoms with van der Waals surface area (Å²) in [7, 11) is -3.26. The molecule has 9 heteroatoms. The van der Waals surface area contributed by atoms with E-state index in [1.807, 2.05) is 10.6 Å². The summed E-state index contributed by atoms with van der Waals surface area (Å²) >= 11 is 1.39. The average Bonchev–Trinajstić information content (AvgIpc) is 3.11. The number of nitrogens with zero attached hydrogens (tertiary/aromatic N) is 3. The number of hydrogen-bond acceptors (Lipinski definition) is 6. The second kappa shape index (κ2) is 5.36. The molecule has 0 saturated carbocycles. The Hall–Kier alpha value is -2.78. The van der Waals surface area contributed by atoms with Crippen LogP contribution in [0.4, 0.5) is 5.69 Å². The predicted octanol–water partition coefficient (Wildman–Crippen LogP) is 3.53. The molecule has 2 aromatic carbocycles. The number of nitro benzene ring substituents is 1. The first-order chi connectivity index (χ1) is 11.8. The van der Waals surface area contributed by atoms with Crippen LogP contribution in [0.5, 0.6) is 0 Å². The van der Waals surface area contributed by atoms with E-state index in [1.165, 1.54) is 29.7 Å². The van der Waals surface area contributed by atoms with Gasteiger partial charge < -0.3 is 0 Å². The predicted molar refractivity (Wildman–Crippen MR) is 95.8 cm³/mol. The Bertz CT molecular complexity index is 1240. The Labute approximate surface area is 146 Å². The number of fused-ring (bicyclic) bond motifs is 3. The first-order valence-electron chi connectivity index (χ1n) is 7.19. The van der Waals surface area contributed by atoms with Crippen molar-refractivity contribution in [3.8, 4) is 11.3 Å². The second-order valence-electron chi connectivity index (χ2n) is 5.59. The van der Waals surface area contributed by atoms with Gasteiger partial charge in [-0.1, -0.05) is 11.3 Å². The van der Waals surface area contributed by atoms with E-state index in [9.17, 15) is 18.5 Å². The number of aromatic nitrogens is 2. The maximum absolute atomic E-state index is 11.7. The van der Waals surface area contributed by atoms with Gasteiger partial charge in [0.2, 0.25) is 0 Å². The van der Waals surface area contributed by atoms with Gasteiger partial charge in [0.15, 0.2) is 14.8 Å². The molecule has 0 radical (unpaired) electrons. The van der Waals surface area contributed by atoms with Gasteiger partial charge in [0.05, 0.1) is 25.7 Å². The number of sulfone groups is 1. The van der Waals surface area contributed by atoms with Crippen molar-refractivity contribution >= 4 is 42.0 Å². The highest BCUT2D eigenvalue weighted by atomic mass is 32.2. The van der Waals surface area contributed by atoms with E-state index < -0.39 is 14.8 Å². The lowest BCUT2D eigenvalue weighted by molar-refractivity contribution is -0.384. The molecule has 0 aliphatic carbocycles. The maximum atomic E-state index is 11.7. The fraction of sp³-hybridized carbons (Fsp3) is 0.0625. The lowest BCUT2D eigenvalue weighted by atomic mass is 10.1. The van der Waals surface area contributed by atoms with E-state index in [1.54, 1.807) is 30.3 Å². The van der Waals surface area contributed by atoms with E-state index in [2.05, 4.69) is 4.98 Å². The molecule has 0 unspecified atom stereocenters. The highest BCUT2D eigenvalue weighted by Crippen LogP contribution is 2.31. The third-order valence-corrected chi connectivity index (χ3v) is 6.00. The highest BCUT2D eigenvalue weighted by molar-refractivity contribution is 7.90. The van der Waals surface area contributed by atoms with Crippen LogP contribution in [0.25, 0.3) is 26.4 Å². The fourth-order valence-electron chi connectivity index (χ4n) is 2.61. The SMILES string of the molecule is CS(=O)(=O)c1ccc2c(c1)sc1nc(-c3ccc([N+](=O)[O-])cc3)cn12. The van der Waals surface area contributed by atoms with Crippen molar-refractivity contribution in [3.63, 3.8) is 0 Å². The van der Waals surface area contributed by atoms with Gasteiger partial charge in [0, 0.05) is 30.1 Å². The summed E-state index contributed by atoms with van der Waals surface area (Å²) in [5, 5.41) is 10.7. The standard InChI is InChI=1S/C16H11N3O4S2/c1-25(22,23)12-6-7-14-15(8-12)24-16-17-13(9-18(14)16)10-2-4-11(5-3-10)19(20)21/h2-9H,1H3. The van der Waals surface area contributed by atoms with Gasteiger partial charge in [-0.15, -0.1) is 0 Å². The Morgan fingerprint density at radius 2 is 1.88 bits per heavy atom. The summed E-state index contributed by atoms with van der Waals surface area (Å²) in [5.74, 6) is 0. The molecular formula is C16H11N3O4S2. The molecular weight excluding hydrogens is 362 g/mol. The van der Waals surface area contributed by atoms with E-state index in [4.69, 9.17) is 0 Å². The number of benzene rings is 2. The molecule has 0 spiro atoms. The van der Waals surface area contributed by atoms with Crippen LogP contribution >= 0.6 is 11.3 Å². The molecule has 0 amide bonds. The summed E-state index contributed by atoms with van der Waals surface area (Å²) in [6, 6.07) is 11.2. The van der Waals surface area contributed by atoms with Crippen LogP contribution in [0.1, 0.15) is 0 Å². The minimum Gasteiger partial charge on any atom is -0.290 e. The molecule has 0 saturated heterocycles. The van der Waals surface area contributed by atoms with Crippen molar-refractivity contribution in [2.24, 2.45) is 0 Å². The van der Waals surface area contributed by atoms with Crippen molar-refractivity contribution in [1.29, 1.82) is 0 Å². The Morgan fingerprint density at radius 1 is 1.16 bits per heavy atom. The lowest BCUT2D eigenvalue weighted by Crippen LogP contribution is -1.96. The second-order valence-corrected chi connectivity index (χ2v) is 8.61. The van der Waals surface area contributed by atoms with Crippen molar-refractivity contribution in [2.75, 3.05) is 6.26 Å². The molecule has 2 aromatic heterocycles. The number of nitro groups is 1. The van der Waals surface area contributed by atoms with Gasteiger partial charge in [-0.05, 0) is 30.3 Å². The zero-order chi connectivity index (χ0) is 17.8. The molecule has 4 rings (SSSR count). The molecule has 0 fully saturated rings. The van der Waals surface area contributed by atoms with Gasteiger partial charge in [-0.2, -0.15) is 0 Å². The largest absolute Gasteiger partial charge is 0.290 e. The van der Waals surface area contributed by atoms with Crippen LogP contribution in [0.3, 0.4) is 0 Å². The zero-order valence-electron chi connectivity index (χ0n) is 12.9. The summed E-state index contributed by atoms with van der Waals surface area (Å²) in [4.78, 5) is 15.9. The van der Waals surface area contributed by atoms with Crippen LogP contribution in [-0.4, -0.2) is 29.0 Å². The van der Waals surface area contributed by atoms with E-state index >= 15 is 0 Å². The first kappa shape index (κ1) is 15.7. The molecule has 7 nitrogen and oxygen atoms in total. The van der Waals surface area contributed by atoms with Crippen LogP contribution in [0.2, 0.25) is 0 Å². The van der Waals surface area contributed by atoms with Gasteiger partial charge in [0.25, 0.3) is 5.69 Å². The Morgan fingerprint density at radius 3 is 2.52 bits per heavy atom.